The average molecular weight is 290 g/mol. The minimum absolute atomic E-state index is 0.0282. The molecule has 5 nitrogen and oxygen atoms in total. The summed E-state index contributed by atoms with van der Waals surface area (Å²) in [6.45, 7) is -2.99. The first-order valence-electron chi connectivity index (χ1n) is 5.31. The molecule has 0 saturated heterocycles. The molecule has 0 saturated carbocycles. The van der Waals surface area contributed by atoms with Gasteiger partial charge in [-0.15, -0.1) is 5.10 Å². The molecular weight excluding hydrogens is 280 g/mol. The second-order valence-electron chi connectivity index (χ2n) is 3.70. The van der Waals surface area contributed by atoms with E-state index >= 15 is 0 Å². The van der Waals surface area contributed by atoms with E-state index in [-0.39, 0.29) is 18.9 Å². The van der Waals surface area contributed by atoms with Gasteiger partial charge < -0.3 is 9.84 Å². The van der Waals surface area contributed by atoms with E-state index in [1.165, 1.54) is 29.1 Å². The van der Waals surface area contributed by atoms with Crippen LogP contribution in [0.25, 0.3) is 0 Å². The molecule has 0 atom stereocenters. The van der Waals surface area contributed by atoms with Crippen LogP contribution in [0.15, 0.2) is 24.4 Å². The lowest BCUT2D eigenvalue weighted by Crippen LogP contribution is -2.07. The lowest BCUT2D eigenvalue weighted by molar-refractivity contribution is -0.0505. The van der Waals surface area contributed by atoms with E-state index in [1.54, 1.807) is 0 Å². The number of aliphatic hydroxyl groups excluding tert-OH is 1. The van der Waals surface area contributed by atoms with E-state index in [2.05, 4.69) is 15.0 Å². The van der Waals surface area contributed by atoms with E-state index in [4.69, 9.17) is 16.7 Å². The smallest absolute Gasteiger partial charge is 0.387 e. The zero-order chi connectivity index (χ0) is 13.8. The number of hydrogen-bond acceptors (Lipinski definition) is 4. The Morgan fingerprint density at radius 1 is 1.42 bits per heavy atom. The molecule has 0 unspecified atom stereocenters. The van der Waals surface area contributed by atoms with Crippen LogP contribution in [0.3, 0.4) is 0 Å². The Kier molecular flexibility index (Phi) is 4.28. The second-order valence-corrected chi connectivity index (χ2v) is 4.13. The molecule has 0 aliphatic heterocycles. The van der Waals surface area contributed by atoms with Crippen LogP contribution in [0, 0.1) is 0 Å². The third-order valence-electron chi connectivity index (χ3n) is 2.32. The highest BCUT2D eigenvalue weighted by molar-refractivity contribution is 6.30. The minimum Gasteiger partial charge on any atom is -0.434 e. The van der Waals surface area contributed by atoms with Crippen molar-refractivity contribution >= 4 is 11.6 Å². The maximum absolute atomic E-state index is 12.3. The SMILES string of the molecule is OCc1cn(Cc2cc(Cl)ccc2OC(F)F)nn1. The van der Waals surface area contributed by atoms with Crippen molar-refractivity contribution < 1.29 is 18.6 Å². The molecule has 0 spiro atoms. The zero-order valence-corrected chi connectivity index (χ0v) is 10.4. The Morgan fingerprint density at radius 2 is 2.21 bits per heavy atom. The van der Waals surface area contributed by atoms with Crippen molar-refractivity contribution in [1.82, 2.24) is 15.0 Å². The quantitative estimate of drug-likeness (QED) is 0.915. The molecule has 0 aliphatic rings. The summed E-state index contributed by atoms with van der Waals surface area (Å²) in [5.41, 5.74) is 0.834. The van der Waals surface area contributed by atoms with Crippen molar-refractivity contribution in [2.24, 2.45) is 0 Å². The minimum atomic E-state index is -2.91. The van der Waals surface area contributed by atoms with Gasteiger partial charge in [0.1, 0.15) is 11.4 Å². The van der Waals surface area contributed by atoms with Gasteiger partial charge in [-0.3, -0.25) is 0 Å². The first-order chi connectivity index (χ1) is 9.08. The maximum Gasteiger partial charge on any atom is 0.387 e. The molecule has 0 bridgehead atoms. The van der Waals surface area contributed by atoms with Crippen LogP contribution in [-0.2, 0) is 13.2 Å². The van der Waals surface area contributed by atoms with E-state index in [9.17, 15) is 8.78 Å². The number of nitrogens with zero attached hydrogens (tertiary/aromatic N) is 3. The third kappa shape index (κ3) is 3.62. The summed E-state index contributed by atoms with van der Waals surface area (Å²) in [6.07, 6.45) is 1.51. The first-order valence-corrected chi connectivity index (χ1v) is 5.69. The predicted molar refractivity (Wildman–Crippen MR) is 63.1 cm³/mol. The van der Waals surface area contributed by atoms with Crippen LogP contribution in [0.1, 0.15) is 11.3 Å². The molecule has 2 rings (SSSR count). The van der Waals surface area contributed by atoms with Gasteiger partial charge >= 0.3 is 6.61 Å². The van der Waals surface area contributed by atoms with Crippen molar-refractivity contribution in [3.63, 3.8) is 0 Å². The molecule has 19 heavy (non-hydrogen) atoms. The van der Waals surface area contributed by atoms with Crippen molar-refractivity contribution in [1.29, 1.82) is 0 Å². The summed E-state index contributed by atoms with van der Waals surface area (Å²) in [6, 6.07) is 4.34. The molecule has 0 radical (unpaired) electrons. The molecule has 2 aromatic rings. The van der Waals surface area contributed by atoms with Crippen molar-refractivity contribution in [3.05, 3.63) is 40.7 Å². The fraction of sp³-hybridized carbons (Fsp3) is 0.273. The van der Waals surface area contributed by atoms with Crippen LogP contribution in [0.4, 0.5) is 8.78 Å². The van der Waals surface area contributed by atoms with Crippen molar-refractivity contribution in [2.45, 2.75) is 19.8 Å². The summed E-state index contributed by atoms with van der Waals surface area (Å²) >= 11 is 5.82. The molecular formula is C11H10ClF2N3O2. The summed E-state index contributed by atoms with van der Waals surface area (Å²) in [5, 5.41) is 16.7. The fourth-order valence-electron chi connectivity index (χ4n) is 1.55. The summed E-state index contributed by atoms with van der Waals surface area (Å²) in [5.74, 6) is 0.0282. The molecule has 8 heteroatoms. The number of halogens is 3. The van der Waals surface area contributed by atoms with E-state index in [0.717, 1.165) is 0 Å². The first kappa shape index (κ1) is 13.7. The van der Waals surface area contributed by atoms with Gasteiger partial charge in [0, 0.05) is 10.6 Å². The Morgan fingerprint density at radius 3 is 2.84 bits per heavy atom. The van der Waals surface area contributed by atoms with Gasteiger partial charge in [0.25, 0.3) is 0 Å². The Balaban J connectivity index is 2.24. The van der Waals surface area contributed by atoms with Crippen LogP contribution >= 0.6 is 11.6 Å². The molecule has 0 fully saturated rings. The van der Waals surface area contributed by atoms with Gasteiger partial charge in [0.15, 0.2) is 0 Å². The zero-order valence-electron chi connectivity index (χ0n) is 9.63. The van der Waals surface area contributed by atoms with Crippen LogP contribution in [0.2, 0.25) is 5.02 Å². The average Bonchev–Trinajstić information content (AvgIpc) is 2.80. The number of rotatable bonds is 5. The van der Waals surface area contributed by atoms with Gasteiger partial charge in [0.2, 0.25) is 0 Å². The molecule has 1 aromatic carbocycles. The fourth-order valence-corrected chi connectivity index (χ4v) is 1.74. The predicted octanol–water partition coefficient (Wildman–Crippen LogP) is 2.07. The van der Waals surface area contributed by atoms with Gasteiger partial charge in [-0.25, -0.2) is 4.68 Å². The number of ether oxygens (including phenoxy) is 1. The standard InChI is InChI=1S/C11H10ClF2N3O2/c12-8-1-2-10(19-11(13)14)7(3-8)4-17-5-9(6-18)15-16-17/h1-3,5,11,18H,4,6H2. The van der Waals surface area contributed by atoms with E-state index in [0.29, 0.717) is 16.3 Å². The second kappa shape index (κ2) is 5.94. The molecule has 0 aliphatic carbocycles. The number of aromatic nitrogens is 3. The number of benzene rings is 1. The Bertz CT molecular complexity index is 563. The van der Waals surface area contributed by atoms with Gasteiger partial charge in [-0.2, -0.15) is 8.78 Å². The normalized spacial score (nSPS) is 11.0. The molecule has 1 aromatic heterocycles. The van der Waals surface area contributed by atoms with Crippen LogP contribution in [0.5, 0.6) is 5.75 Å². The third-order valence-corrected chi connectivity index (χ3v) is 2.55. The number of hydrogen-bond donors (Lipinski definition) is 1. The largest absolute Gasteiger partial charge is 0.434 e. The molecule has 1 N–H and O–H groups in total. The van der Waals surface area contributed by atoms with Crippen LogP contribution in [-0.4, -0.2) is 26.7 Å². The number of aliphatic hydroxyl groups is 1. The molecule has 102 valence electrons. The van der Waals surface area contributed by atoms with Gasteiger partial charge in [0.05, 0.1) is 19.3 Å². The van der Waals surface area contributed by atoms with Crippen molar-refractivity contribution in [3.8, 4) is 5.75 Å². The Labute approximate surface area is 112 Å². The maximum atomic E-state index is 12.3. The van der Waals surface area contributed by atoms with Gasteiger partial charge in [-0.05, 0) is 18.2 Å². The lowest BCUT2D eigenvalue weighted by atomic mass is 10.2. The van der Waals surface area contributed by atoms with Crippen molar-refractivity contribution in [2.75, 3.05) is 0 Å². The number of alkyl halides is 2. The Hall–Kier alpha value is -1.73. The highest BCUT2D eigenvalue weighted by atomic mass is 35.5. The highest BCUT2D eigenvalue weighted by Gasteiger charge is 2.11. The van der Waals surface area contributed by atoms with Crippen LogP contribution < -0.4 is 4.74 Å². The van der Waals surface area contributed by atoms with E-state index < -0.39 is 6.61 Å². The summed E-state index contributed by atoms with van der Waals surface area (Å²) in [7, 11) is 0. The molecule has 0 amide bonds. The summed E-state index contributed by atoms with van der Waals surface area (Å²) < 4.78 is 30.4. The highest BCUT2D eigenvalue weighted by Crippen LogP contribution is 2.25. The molecule has 1 heterocycles. The summed E-state index contributed by atoms with van der Waals surface area (Å²) in [4.78, 5) is 0. The lowest BCUT2D eigenvalue weighted by Gasteiger charge is -2.10. The topological polar surface area (TPSA) is 60.2 Å². The monoisotopic (exact) mass is 289 g/mol. The van der Waals surface area contributed by atoms with Gasteiger partial charge in [-0.1, -0.05) is 16.8 Å². The van der Waals surface area contributed by atoms with E-state index in [1.807, 2.05) is 0 Å².